The van der Waals surface area contributed by atoms with Gasteiger partial charge in [-0.15, -0.1) is 11.3 Å². The summed E-state index contributed by atoms with van der Waals surface area (Å²) in [7, 11) is 0. The third-order valence-electron chi connectivity index (χ3n) is 4.79. The average Bonchev–Trinajstić information content (AvgIpc) is 3.26. The van der Waals surface area contributed by atoms with Crippen LogP contribution in [0.1, 0.15) is 5.69 Å². The number of rotatable bonds is 2. The maximum atomic E-state index is 9.87. The first kappa shape index (κ1) is 15.7. The van der Waals surface area contributed by atoms with Gasteiger partial charge in [0.25, 0.3) is 0 Å². The summed E-state index contributed by atoms with van der Waals surface area (Å²) in [6, 6.07) is 29.2. The van der Waals surface area contributed by atoms with Crippen LogP contribution in [0, 0.1) is 11.3 Å². The molecule has 0 atom stereocenters. The largest absolute Gasteiger partial charge is 0.235 e. The highest BCUT2D eigenvalue weighted by Gasteiger charge is 2.17. The number of nitriles is 1. The third-order valence-corrected chi connectivity index (χ3v) is 5.67. The van der Waals surface area contributed by atoms with E-state index in [2.05, 4.69) is 36.4 Å². The fourth-order valence-corrected chi connectivity index (χ4v) is 4.31. The summed E-state index contributed by atoms with van der Waals surface area (Å²) in [6.07, 6.45) is 0. The molecule has 5 aromatic rings. The molecule has 3 heteroatoms. The van der Waals surface area contributed by atoms with Crippen molar-refractivity contribution < 1.29 is 0 Å². The van der Waals surface area contributed by atoms with E-state index in [1.807, 2.05) is 53.9 Å². The Balaban J connectivity index is 1.99. The molecule has 0 saturated carbocycles. The van der Waals surface area contributed by atoms with Gasteiger partial charge in [-0.1, -0.05) is 60.7 Å². The van der Waals surface area contributed by atoms with Crippen molar-refractivity contribution in [1.29, 1.82) is 5.26 Å². The molecule has 2 nitrogen and oxygen atoms in total. The summed E-state index contributed by atoms with van der Waals surface area (Å²) >= 11 is 1.65. The quantitative estimate of drug-likeness (QED) is 0.329. The fourth-order valence-electron chi connectivity index (χ4n) is 3.58. The van der Waals surface area contributed by atoms with Crippen LogP contribution in [0.4, 0.5) is 0 Å². The van der Waals surface area contributed by atoms with Gasteiger partial charge in [0, 0.05) is 10.9 Å². The van der Waals surface area contributed by atoms with E-state index >= 15 is 0 Å². The van der Waals surface area contributed by atoms with Crippen molar-refractivity contribution in [3.63, 3.8) is 0 Å². The second-order valence-electron chi connectivity index (χ2n) is 6.38. The van der Waals surface area contributed by atoms with Crippen molar-refractivity contribution in [2.45, 2.75) is 0 Å². The molecule has 2 heterocycles. The lowest BCUT2D eigenvalue weighted by molar-refractivity contribution is 1.30. The number of aromatic nitrogens is 1. The van der Waals surface area contributed by atoms with E-state index in [-0.39, 0.29) is 0 Å². The van der Waals surface area contributed by atoms with Crippen LogP contribution in [0.3, 0.4) is 0 Å². The summed E-state index contributed by atoms with van der Waals surface area (Å²) in [6.45, 7) is 0. The van der Waals surface area contributed by atoms with Gasteiger partial charge in [0.05, 0.1) is 10.6 Å². The Morgan fingerprint density at radius 1 is 0.778 bits per heavy atom. The van der Waals surface area contributed by atoms with E-state index in [0.717, 1.165) is 37.9 Å². The molecule has 5 rings (SSSR count). The van der Waals surface area contributed by atoms with Gasteiger partial charge in [0.1, 0.15) is 11.8 Å². The number of benzene rings is 3. The molecule has 3 aromatic carbocycles. The maximum absolute atomic E-state index is 9.87. The SMILES string of the molecule is N#Cc1nc(-c2cccs2)c2cc3ccccc3cc2c1-c1ccccc1. The Hall–Kier alpha value is -3.48. The van der Waals surface area contributed by atoms with Gasteiger partial charge in [-0.2, -0.15) is 5.26 Å². The molecule has 0 bridgehead atoms. The Kier molecular flexibility index (Phi) is 3.71. The van der Waals surface area contributed by atoms with Crippen LogP contribution in [0.15, 0.2) is 84.2 Å². The number of hydrogen-bond donors (Lipinski definition) is 0. The molecular formula is C24H14N2S. The lowest BCUT2D eigenvalue weighted by atomic mass is 9.93. The van der Waals surface area contributed by atoms with Crippen LogP contribution in [0.2, 0.25) is 0 Å². The molecule has 0 radical (unpaired) electrons. The minimum Gasteiger partial charge on any atom is -0.235 e. The third kappa shape index (κ3) is 2.59. The molecule has 0 fully saturated rings. The predicted octanol–water partition coefficient (Wildman–Crippen LogP) is 6.66. The van der Waals surface area contributed by atoms with E-state index in [1.165, 1.54) is 5.39 Å². The van der Waals surface area contributed by atoms with Crippen LogP contribution >= 0.6 is 11.3 Å². The van der Waals surface area contributed by atoms with Crippen molar-refractivity contribution in [2.75, 3.05) is 0 Å². The van der Waals surface area contributed by atoms with E-state index in [4.69, 9.17) is 4.98 Å². The standard InChI is InChI=1S/C24H14N2S/c25-15-21-23(16-7-2-1-3-8-16)19-13-17-9-4-5-10-18(17)14-20(19)24(26-21)22-11-6-12-27-22/h1-14H. The molecule has 0 N–H and O–H groups in total. The highest BCUT2D eigenvalue weighted by molar-refractivity contribution is 7.13. The second kappa shape index (κ2) is 6.35. The Labute approximate surface area is 161 Å². The highest BCUT2D eigenvalue weighted by atomic mass is 32.1. The van der Waals surface area contributed by atoms with E-state index in [1.54, 1.807) is 11.3 Å². The van der Waals surface area contributed by atoms with Crippen LogP contribution in [0.25, 0.3) is 43.2 Å². The minimum atomic E-state index is 0.465. The first-order valence-corrected chi connectivity index (χ1v) is 9.59. The summed E-state index contributed by atoms with van der Waals surface area (Å²) in [5.74, 6) is 0. The Morgan fingerprint density at radius 3 is 2.15 bits per heavy atom. The first-order chi connectivity index (χ1) is 13.3. The number of thiophene rings is 1. The summed E-state index contributed by atoms with van der Waals surface area (Å²) in [5.41, 5.74) is 3.26. The number of pyridine rings is 1. The monoisotopic (exact) mass is 362 g/mol. The normalized spacial score (nSPS) is 10.9. The number of nitrogens with zero attached hydrogens (tertiary/aromatic N) is 2. The zero-order valence-electron chi connectivity index (χ0n) is 14.4. The van der Waals surface area contributed by atoms with E-state index in [9.17, 15) is 5.26 Å². The predicted molar refractivity (Wildman–Crippen MR) is 113 cm³/mol. The topological polar surface area (TPSA) is 36.7 Å². The van der Waals surface area contributed by atoms with Gasteiger partial charge in [0.15, 0.2) is 0 Å². The van der Waals surface area contributed by atoms with Gasteiger partial charge in [-0.25, -0.2) is 4.98 Å². The molecule has 27 heavy (non-hydrogen) atoms. The van der Waals surface area contributed by atoms with Gasteiger partial charge in [-0.05, 0) is 45.3 Å². The van der Waals surface area contributed by atoms with Gasteiger partial charge in [0.2, 0.25) is 0 Å². The van der Waals surface area contributed by atoms with Crippen molar-refractivity contribution in [1.82, 2.24) is 4.98 Å². The lowest BCUT2D eigenvalue weighted by Gasteiger charge is -2.13. The zero-order valence-corrected chi connectivity index (χ0v) is 15.2. The Morgan fingerprint density at radius 2 is 1.48 bits per heavy atom. The first-order valence-electron chi connectivity index (χ1n) is 8.71. The number of hydrogen-bond acceptors (Lipinski definition) is 3. The van der Waals surface area contributed by atoms with Gasteiger partial charge in [-0.3, -0.25) is 0 Å². The summed E-state index contributed by atoms with van der Waals surface area (Å²) in [5, 5.41) is 16.4. The minimum absolute atomic E-state index is 0.465. The smallest absolute Gasteiger partial charge is 0.149 e. The van der Waals surface area contributed by atoms with Crippen LogP contribution < -0.4 is 0 Å². The van der Waals surface area contributed by atoms with Crippen molar-refractivity contribution >= 4 is 32.9 Å². The van der Waals surface area contributed by atoms with Crippen LogP contribution in [-0.4, -0.2) is 4.98 Å². The molecular weight excluding hydrogens is 348 g/mol. The van der Waals surface area contributed by atoms with Gasteiger partial charge >= 0.3 is 0 Å². The number of fused-ring (bicyclic) bond motifs is 2. The van der Waals surface area contributed by atoms with Crippen LogP contribution in [-0.2, 0) is 0 Å². The molecule has 0 aliphatic carbocycles. The van der Waals surface area contributed by atoms with Gasteiger partial charge < -0.3 is 0 Å². The Bertz CT molecular complexity index is 1310. The molecule has 0 saturated heterocycles. The summed E-state index contributed by atoms with van der Waals surface area (Å²) in [4.78, 5) is 5.87. The van der Waals surface area contributed by atoms with Crippen molar-refractivity contribution in [2.24, 2.45) is 0 Å². The summed E-state index contributed by atoms with van der Waals surface area (Å²) < 4.78 is 0. The molecule has 0 aliphatic heterocycles. The van der Waals surface area contributed by atoms with Crippen molar-refractivity contribution in [3.05, 3.63) is 89.9 Å². The van der Waals surface area contributed by atoms with E-state index < -0.39 is 0 Å². The molecule has 0 unspecified atom stereocenters. The van der Waals surface area contributed by atoms with E-state index in [0.29, 0.717) is 5.69 Å². The van der Waals surface area contributed by atoms with Crippen molar-refractivity contribution in [3.8, 4) is 27.8 Å². The average molecular weight is 362 g/mol. The highest BCUT2D eigenvalue weighted by Crippen LogP contribution is 2.39. The molecule has 0 spiro atoms. The second-order valence-corrected chi connectivity index (χ2v) is 7.33. The molecule has 126 valence electrons. The fraction of sp³-hybridized carbons (Fsp3) is 0. The maximum Gasteiger partial charge on any atom is 0.149 e. The molecule has 2 aromatic heterocycles. The van der Waals surface area contributed by atoms with Crippen LogP contribution in [0.5, 0.6) is 0 Å². The zero-order chi connectivity index (χ0) is 18.2. The molecule has 0 amide bonds. The lowest BCUT2D eigenvalue weighted by Crippen LogP contribution is -1.95. The molecule has 0 aliphatic rings.